The van der Waals surface area contributed by atoms with E-state index in [1.54, 1.807) is 18.2 Å². The highest BCUT2D eigenvalue weighted by atomic mass is 35.5. The lowest BCUT2D eigenvalue weighted by molar-refractivity contribution is 0.145. The normalized spacial score (nSPS) is 11.8. The molecule has 134 valence electrons. The average molecular weight is 362 g/mol. The highest BCUT2D eigenvalue weighted by molar-refractivity contribution is 6.31. The lowest BCUT2D eigenvalue weighted by Crippen LogP contribution is -2.42. The zero-order chi connectivity index (χ0) is 18.2. The van der Waals surface area contributed by atoms with Gasteiger partial charge in [0.25, 0.3) is 0 Å². The molecule has 0 fully saturated rings. The second-order valence-corrected chi connectivity index (χ2v) is 6.32. The van der Waals surface area contributed by atoms with Crippen LogP contribution >= 0.6 is 11.6 Å². The molecular weight excluding hydrogens is 338 g/mol. The first-order valence-electron chi connectivity index (χ1n) is 8.21. The van der Waals surface area contributed by atoms with E-state index in [0.717, 1.165) is 16.8 Å². The van der Waals surface area contributed by atoms with Crippen LogP contribution in [0.3, 0.4) is 0 Å². The highest BCUT2D eigenvalue weighted by Gasteiger charge is 2.18. The van der Waals surface area contributed by atoms with E-state index in [4.69, 9.17) is 16.3 Å². The molecule has 0 bridgehead atoms. The van der Waals surface area contributed by atoms with Crippen molar-refractivity contribution >= 4 is 17.6 Å². The quantitative estimate of drug-likeness (QED) is 0.812. The lowest BCUT2D eigenvalue weighted by atomic mass is 10.1. The third-order valence-electron chi connectivity index (χ3n) is 3.95. The topological polar surface area (TPSA) is 54.5 Å². The number of halogens is 1. The third-order valence-corrected chi connectivity index (χ3v) is 4.31. The molecule has 1 aromatic heterocycles. The number of rotatable bonds is 7. The van der Waals surface area contributed by atoms with Crippen LogP contribution < -0.4 is 5.32 Å². The Hall–Kier alpha value is -2.11. The summed E-state index contributed by atoms with van der Waals surface area (Å²) in [5.41, 5.74) is 2.81. The Bertz CT molecular complexity index is 691. The molecule has 5 nitrogen and oxygen atoms in total. The highest BCUT2D eigenvalue weighted by Crippen LogP contribution is 2.18. The van der Waals surface area contributed by atoms with Crippen LogP contribution in [0.15, 0.2) is 42.6 Å². The number of carbonyl (C=O) groups excluding carboxylic acids is 1. The van der Waals surface area contributed by atoms with Gasteiger partial charge in [0, 0.05) is 37.1 Å². The van der Waals surface area contributed by atoms with E-state index in [1.807, 2.05) is 50.2 Å². The summed E-state index contributed by atoms with van der Waals surface area (Å²) in [6.07, 6.45) is 1.79. The average Bonchev–Trinajstić information content (AvgIpc) is 2.60. The van der Waals surface area contributed by atoms with Crippen LogP contribution in [0.4, 0.5) is 4.79 Å². The van der Waals surface area contributed by atoms with Crippen LogP contribution in [0.2, 0.25) is 5.02 Å². The van der Waals surface area contributed by atoms with Gasteiger partial charge in [0.1, 0.15) is 0 Å². The maximum absolute atomic E-state index is 12.7. The van der Waals surface area contributed by atoms with Gasteiger partial charge in [0.05, 0.1) is 12.6 Å². The van der Waals surface area contributed by atoms with Gasteiger partial charge >= 0.3 is 6.03 Å². The zero-order valence-corrected chi connectivity index (χ0v) is 15.6. The van der Waals surface area contributed by atoms with Gasteiger partial charge in [0.15, 0.2) is 0 Å². The summed E-state index contributed by atoms with van der Waals surface area (Å²) in [6.45, 7) is 5.23. The predicted octanol–water partition coefficient (Wildman–Crippen LogP) is 3.96. The molecule has 2 rings (SSSR count). The fourth-order valence-electron chi connectivity index (χ4n) is 2.38. The van der Waals surface area contributed by atoms with Crippen molar-refractivity contribution in [1.29, 1.82) is 0 Å². The smallest absolute Gasteiger partial charge is 0.318 e. The van der Waals surface area contributed by atoms with Crippen LogP contribution in [0.1, 0.15) is 29.8 Å². The van der Waals surface area contributed by atoms with E-state index < -0.39 is 0 Å². The van der Waals surface area contributed by atoms with Gasteiger partial charge in [-0.1, -0.05) is 35.9 Å². The monoisotopic (exact) mass is 361 g/mol. The van der Waals surface area contributed by atoms with Gasteiger partial charge in [-0.3, -0.25) is 4.98 Å². The van der Waals surface area contributed by atoms with E-state index in [1.165, 1.54) is 0 Å². The standard InChI is InChI=1S/C19H24ClN3O2/c1-14-8-9-16(12-21-14)15(2)22-19(24)23(10-11-25-3)13-17-6-4-5-7-18(17)20/h4-9,12,15H,10-11,13H2,1-3H3,(H,22,24)/t15-/m0/s1. The van der Waals surface area contributed by atoms with Crippen molar-refractivity contribution in [3.63, 3.8) is 0 Å². The van der Waals surface area contributed by atoms with Crippen molar-refractivity contribution in [2.45, 2.75) is 26.4 Å². The first-order chi connectivity index (χ1) is 12.0. The molecule has 0 aliphatic rings. The van der Waals surface area contributed by atoms with Gasteiger partial charge in [-0.2, -0.15) is 0 Å². The van der Waals surface area contributed by atoms with Crippen LogP contribution in [-0.4, -0.2) is 36.2 Å². The number of aryl methyl sites for hydroxylation is 1. The second-order valence-electron chi connectivity index (χ2n) is 5.91. The molecule has 25 heavy (non-hydrogen) atoms. The van der Waals surface area contributed by atoms with Gasteiger partial charge in [-0.25, -0.2) is 4.79 Å². The van der Waals surface area contributed by atoms with E-state index in [9.17, 15) is 4.79 Å². The van der Waals surface area contributed by atoms with Crippen molar-refractivity contribution in [2.24, 2.45) is 0 Å². The lowest BCUT2D eigenvalue weighted by Gasteiger charge is -2.25. The number of hydrogen-bond donors (Lipinski definition) is 1. The summed E-state index contributed by atoms with van der Waals surface area (Å²) in [5, 5.41) is 3.66. The van der Waals surface area contributed by atoms with Crippen molar-refractivity contribution in [1.82, 2.24) is 15.2 Å². The SMILES string of the molecule is COCCN(Cc1ccccc1Cl)C(=O)N[C@@H](C)c1ccc(C)nc1. The van der Waals surface area contributed by atoms with Crippen LogP contribution in [0, 0.1) is 6.92 Å². The van der Waals surface area contributed by atoms with E-state index in [2.05, 4.69) is 10.3 Å². The van der Waals surface area contributed by atoms with Crippen LogP contribution in [0.25, 0.3) is 0 Å². The second kappa shape index (κ2) is 9.39. The van der Waals surface area contributed by atoms with E-state index >= 15 is 0 Å². The maximum Gasteiger partial charge on any atom is 0.318 e. The molecule has 1 N–H and O–H groups in total. The molecule has 0 spiro atoms. The molecule has 2 amide bonds. The maximum atomic E-state index is 12.7. The van der Waals surface area contributed by atoms with Crippen molar-refractivity contribution in [3.8, 4) is 0 Å². The van der Waals surface area contributed by atoms with Gasteiger partial charge in [-0.15, -0.1) is 0 Å². The Kier molecular flexibility index (Phi) is 7.22. The number of amides is 2. The summed E-state index contributed by atoms with van der Waals surface area (Å²) in [4.78, 5) is 18.7. The third kappa shape index (κ3) is 5.73. The van der Waals surface area contributed by atoms with Gasteiger partial charge in [0.2, 0.25) is 0 Å². The molecule has 0 aliphatic carbocycles. The summed E-state index contributed by atoms with van der Waals surface area (Å²) in [7, 11) is 1.62. The van der Waals surface area contributed by atoms with Crippen molar-refractivity contribution in [2.75, 3.05) is 20.3 Å². The van der Waals surface area contributed by atoms with Crippen molar-refractivity contribution in [3.05, 3.63) is 64.4 Å². The molecule has 1 aromatic carbocycles. The number of aromatic nitrogens is 1. The van der Waals surface area contributed by atoms with Gasteiger partial charge in [-0.05, 0) is 37.1 Å². The van der Waals surface area contributed by atoms with E-state index in [-0.39, 0.29) is 12.1 Å². The number of hydrogen-bond acceptors (Lipinski definition) is 3. The number of nitrogens with zero attached hydrogens (tertiary/aromatic N) is 2. The molecule has 1 heterocycles. The Morgan fingerprint density at radius 2 is 2.08 bits per heavy atom. The number of methoxy groups -OCH3 is 1. The fourth-order valence-corrected chi connectivity index (χ4v) is 2.58. The Morgan fingerprint density at radius 3 is 2.72 bits per heavy atom. The molecule has 0 saturated carbocycles. The van der Waals surface area contributed by atoms with Crippen LogP contribution in [0.5, 0.6) is 0 Å². The number of pyridine rings is 1. The predicted molar refractivity (Wildman–Crippen MR) is 99.7 cm³/mol. The molecule has 2 aromatic rings. The number of nitrogens with one attached hydrogen (secondary N) is 1. The Morgan fingerprint density at radius 1 is 1.32 bits per heavy atom. The van der Waals surface area contributed by atoms with Gasteiger partial charge < -0.3 is 15.0 Å². The number of benzene rings is 1. The zero-order valence-electron chi connectivity index (χ0n) is 14.8. The summed E-state index contributed by atoms with van der Waals surface area (Å²) in [5.74, 6) is 0. The molecule has 6 heteroatoms. The van der Waals surface area contributed by atoms with Crippen molar-refractivity contribution < 1.29 is 9.53 Å². The Labute approximate surface area is 154 Å². The molecule has 0 aliphatic heterocycles. The summed E-state index contributed by atoms with van der Waals surface area (Å²) < 4.78 is 5.13. The summed E-state index contributed by atoms with van der Waals surface area (Å²) >= 11 is 6.23. The first kappa shape index (κ1) is 19.2. The minimum absolute atomic E-state index is 0.142. The van der Waals surface area contributed by atoms with E-state index in [0.29, 0.717) is 24.7 Å². The van der Waals surface area contributed by atoms with Crippen LogP contribution in [-0.2, 0) is 11.3 Å². The molecule has 0 radical (unpaired) electrons. The first-order valence-corrected chi connectivity index (χ1v) is 8.59. The largest absolute Gasteiger partial charge is 0.383 e. The number of urea groups is 1. The molecule has 0 unspecified atom stereocenters. The Balaban J connectivity index is 2.06. The minimum atomic E-state index is -0.162. The molecule has 1 atom stereocenters. The summed E-state index contributed by atoms with van der Waals surface area (Å²) in [6, 6.07) is 11.1. The fraction of sp³-hybridized carbons (Fsp3) is 0.368. The minimum Gasteiger partial charge on any atom is -0.383 e. The molecule has 0 saturated heterocycles. The number of ether oxygens (including phenoxy) is 1. The molecular formula is C19H24ClN3O2. The number of carbonyl (C=O) groups is 1.